The van der Waals surface area contributed by atoms with Crippen molar-refractivity contribution in [2.24, 2.45) is 0 Å². The number of nitrogens with one attached hydrogen (secondary N) is 1. The molecule has 0 fully saturated rings. The van der Waals surface area contributed by atoms with Crippen LogP contribution in [0.25, 0.3) is 0 Å². The van der Waals surface area contributed by atoms with Gasteiger partial charge in [0, 0.05) is 0 Å². The van der Waals surface area contributed by atoms with Gasteiger partial charge in [-0.3, -0.25) is 4.79 Å². The number of hydrogen-bond acceptors (Lipinski definition) is 6. The molecule has 4 N–H and O–H groups in total. The minimum atomic E-state index is -1.46. The van der Waals surface area contributed by atoms with E-state index in [9.17, 15) is 20.1 Å². The second-order valence-electron chi connectivity index (χ2n) is 2.99. The lowest BCUT2D eigenvalue weighted by Gasteiger charge is -2.16. The largest absolute Gasteiger partial charge is 0.493 e. The van der Waals surface area contributed by atoms with Crippen LogP contribution in [-0.4, -0.2) is 37.1 Å². The zero-order valence-electron chi connectivity index (χ0n) is 7.79. The van der Waals surface area contributed by atoms with Gasteiger partial charge in [0.25, 0.3) is 5.56 Å². The van der Waals surface area contributed by atoms with Crippen molar-refractivity contribution in [3.8, 4) is 5.88 Å². The van der Waals surface area contributed by atoms with Crippen molar-refractivity contribution in [1.29, 1.82) is 0 Å². The van der Waals surface area contributed by atoms with Crippen LogP contribution in [0.5, 0.6) is 5.88 Å². The van der Waals surface area contributed by atoms with Gasteiger partial charge in [0.1, 0.15) is 11.7 Å². The molecule has 15 heavy (non-hydrogen) atoms. The minimum Gasteiger partial charge on any atom is -0.493 e. The lowest BCUT2D eigenvalue weighted by molar-refractivity contribution is 0.0146. The molecular formula is C8H12N2O4S. The fraction of sp³-hybridized carbons (Fsp3) is 0.500. The number of thiol groups is 1. The van der Waals surface area contributed by atoms with Crippen molar-refractivity contribution in [2.75, 3.05) is 5.75 Å². The molecule has 0 aliphatic rings. The summed E-state index contributed by atoms with van der Waals surface area (Å²) in [4.78, 5) is 16.9. The highest BCUT2D eigenvalue weighted by molar-refractivity contribution is 7.80. The van der Waals surface area contributed by atoms with Gasteiger partial charge < -0.3 is 20.3 Å². The number of aromatic hydroxyl groups is 1. The average molecular weight is 232 g/mol. The highest BCUT2D eigenvalue weighted by Gasteiger charge is 2.24. The first-order valence-corrected chi connectivity index (χ1v) is 4.94. The van der Waals surface area contributed by atoms with E-state index >= 15 is 0 Å². The molecule has 0 saturated heterocycles. The van der Waals surface area contributed by atoms with Gasteiger partial charge in [0.05, 0.1) is 12.4 Å². The Kier molecular flexibility index (Phi) is 4.13. The number of rotatable bonds is 4. The molecule has 0 aromatic carbocycles. The van der Waals surface area contributed by atoms with Gasteiger partial charge in [0.2, 0.25) is 5.88 Å². The van der Waals surface area contributed by atoms with Crippen LogP contribution >= 0.6 is 12.6 Å². The Bertz CT molecular complexity index is 381. The molecule has 0 radical (unpaired) electrons. The number of aromatic amines is 1. The predicted molar refractivity (Wildman–Crippen MR) is 56.0 cm³/mol. The van der Waals surface area contributed by atoms with E-state index in [2.05, 4.69) is 22.6 Å². The molecule has 0 aliphatic carbocycles. The lowest BCUT2D eigenvalue weighted by Crippen LogP contribution is -2.26. The highest BCUT2D eigenvalue weighted by Crippen LogP contribution is 2.21. The zero-order valence-corrected chi connectivity index (χ0v) is 8.69. The summed E-state index contributed by atoms with van der Waals surface area (Å²) in [7, 11) is 0. The summed E-state index contributed by atoms with van der Waals surface area (Å²) in [5.74, 6) is -0.221. The van der Waals surface area contributed by atoms with E-state index in [4.69, 9.17) is 0 Å². The molecule has 0 aliphatic heterocycles. The van der Waals surface area contributed by atoms with Crippen molar-refractivity contribution >= 4 is 12.6 Å². The predicted octanol–water partition coefficient (Wildman–Crippen LogP) is -0.810. The first-order chi connectivity index (χ1) is 7.07. The number of aliphatic hydroxyl groups excluding tert-OH is 2. The Balaban J connectivity index is 3.00. The van der Waals surface area contributed by atoms with Gasteiger partial charge in [-0.1, -0.05) is 0 Å². The maximum atomic E-state index is 11.2. The van der Waals surface area contributed by atoms with Gasteiger partial charge in [-0.25, -0.2) is 4.98 Å². The van der Waals surface area contributed by atoms with E-state index in [1.54, 1.807) is 0 Å². The van der Waals surface area contributed by atoms with Gasteiger partial charge in [-0.15, -0.1) is 0 Å². The molecule has 7 heteroatoms. The molecule has 0 spiro atoms. The van der Waals surface area contributed by atoms with E-state index in [1.165, 1.54) is 0 Å². The van der Waals surface area contributed by atoms with Crippen molar-refractivity contribution < 1.29 is 15.3 Å². The minimum absolute atomic E-state index is 0.206. The van der Waals surface area contributed by atoms with E-state index in [-0.39, 0.29) is 12.0 Å². The Labute approximate surface area is 91.0 Å². The van der Waals surface area contributed by atoms with Crippen LogP contribution in [0.2, 0.25) is 0 Å². The summed E-state index contributed by atoms with van der Waals surface area (Å²) in [5, 5.41) is 28.3. The van der Waals surface area contributed by atoms with Crippen molar-refractivity contribution in [2.45, 2.75) is 18.6 Å². The molecule has 0 amide bonds. The molecule has 2 unspecified atom stereocenters. The van der Waals surface area contributed by atoms with E-state index in [0.717, 1.165) is 6.33 Å². The van der Waals surface area contributed by atoms with Gasteiger partial charge >= 0.3 is 0 Å². The standard InChI is InChI=1S/C8H12N2O4S/c11-4(1-2-15)6(12)5-7(13)9-3-10-8(5)14/h3-4,6,11-12,15H,1-2H2,(H2,9,10,13,14). The number of hydrogen-bond donors (Lipinski definition) is 5. The maximum absolute atomic E-state index is 11.2. The van der Waals surface area contributed by atoms with Crippen LogP contribution in [0.4, 0.5) is 0 Å². The zero-order chi connectivity index (χ0) is 11.4. The monoisotopic (exact) mass is 232 g/mol. The number of H-pyrrole nitrogens is 1. The van der Waals surface area contributed by atoms with Crippen molar-refractivity contribution in [1.82, 2.24) is 9.97 Å². The summed E-state index contributed by atoms with van der Waals surface area (Å²) >= 11 is 3.88. The van der Waals surface area contributed by atoms with Crippen LogP contribution in [0, 0.1) is 0 Å². The molecule has 84 valence electrons. The van der Waals surface area contributed by atoms with Crippen molar-refractivity contribution in [3.63, 3.8) is 0 Å². The second-order valence-corrected chi connectivity index (χ2v) is 3.44. The summed E-state index contributed by atoms with van der Waals surface area (Å²) in [6, 6.07) is 0. The molecule has 1 aromatic rings. The molecule has 1 heterocycles. The topological polar surface area (TPSA) is 106 Å². The first kappa shape index (κ1) is 12.0. The Morgan fingerprint density at radius 1 is 1.53 bits per heavy atom. The van der Waals surface area contributed by atoms with Gasteiger partial charge in [0.15, 0.2) is 0 Å². The highest BCUT2D eigenvalue weighted by atomic mass is 32.1. The second kappa shape index (κ2) is 5.15. The van der Waals surface area contributed by atoms with E-state index in [0.29, 0.717) is 5.75 Å². The lowest BCUT2D eigenvalue weighted by atomic mass is 10.1. The van der Waals surface area contributed by atoms with Gasteiger partial charge in [-0.05, 0) is 12.2 Å². The third-order valence-corrected chi connectivity index (χ3v) is 2.21. The third-order valence-electron chi connectivity index (χ3n) is 1.95. The van der Waals surface area contributed by atoms with E-state index in [1.807, 2.05) is 0 Å². The number of aliphatic hydroxyl groups is 2. The Hall–Kier alpha value is -1.05. The van der Waals surface area contributed by atoms with E-state index < -0.39 is 23.6 Å². The van der Waals surface area contributed by atoms with Crippen LogP contribution in [-0.2, 0) is 0 Å². The van der Waals surface area contributed by atoms with Crippen LogP contribution in [0.15, 0.2) is 11.1 Å². The molecule has 2 atom stereocenters. The Morgan fingerprint density at radius 3 is 2.73 bits per heavy atom. The summed E-state index contributed by atoms with van der Waals surface area (Å²) < 4.78 is 0. The molecule has 1 rings (SSSR count). The number of aromatic nitrogens is 2. The molecule has 1 aromatic heterocycles. The molecule has 0 saturated carbocycles. The fourth-order valence-electron chi connectivity index (χ4n) is 1.15. The fourth-order valence-corrected chi connectivity index (χ4v) is 1.41. The van der Waals surface area contributed by atoms with Gasteiger partial charge in [-0.2, -0.15) is 12.6 Å². The van der Waals surface area contributed by atoms with Crippen LogP contribution in [0.3, 0.4) is 0 Å². The Morgan fingerprint density at radius 2 is 2.20 bits per heavy atom. The van der Waals surface area contributed by atoms with Crippen LogP contribution in [0.1, 0.15) is 18.1 Å². The number of nitrogens with zero attached hydrogens (tertiary/aromatic N) is 1. The summed E-state index contributed by atoms with van der Waals surface area (Å²) in [5.41, 5.74) is -1.00. The van der Waals surface area contributed by atoms with Crippen molar-refractivity contribution in [3.05, 3.63) is 22.2 Å². The first-order valence-electron chi connectivity index (χ1n) is 4.31. The average Bonchev–Trinajstić information content (AvgIpc) is 2.17. The maximum Gasteiger partial charge on any atom is 0.260 e. The smallest absolute Gasteiger partial charge is 0.260 e. The molecule has 6 nitrogen and oxygen atoms in total. The third kappa shape index (κ3) is 2.71. The summed E-state index contributed by atoms with van der Waals surface area (Å²) in [6.45, 7) is 0. The molecular weight excluding hydrogens is 220 g/mol. The normalized spacial score (nSPS) is 14.9. The molecule has 0 bridgehead atoms. The summed E-state index contributed by atoms with van der Waals surface area (Å²) in [6.07, 6.45) is -1.40. The quantitative estimate of drug-likeness (QED) is 0.436. The van der Waals surface area contributed by atoms with Crippen LogP contribution < -0.4 is 5.56 Å². The SMILES string of the molecule is O=c1[nH]cnc(O)c1C(O)C(O)CCS.